The van der Waals surface area contributed by atoms with Crippen LogP contribution >= 0.6 is 0 Å². The highest BCUT2D eigenvalue weighted by Crippen LogP contribution is 2.36. The number of H-pyrrole nitrogens is 1. The summed E-state index contributed by atoms with van der Waals surface area (Å²) in [5, 5.41) is 7.29. The molecule has 30 heavy (non-hydrogen) atoms. The highest BCUT2D eigenvalue weighted by Gasteiger charge is 2.43. The summed E-state index contributed by atoms with van der Waals surface area (Å²) in [7, 11) is 0. The Morgan fingerprint density at radius 3 is 2.67 bits per heavy atom. The topological polar surface area (TPSA) is 58.2 Å². The second kappa shape index (κ2) is 10.3. The highest BCUT2D eigenvalue weighted by molar-refractivity contribution is 5.85. The van der Waals surface area contributed by atoms with Gasteiger partial charge in [-0.1, -0.05) is 27.2 Å². The van der Waals surface area contributed by atoms with E-state index in [-0.39, 0.29) is 30.4 Å². The average Bonchev–Trinajstić information content (AvgIpc) is 3.26. The lowest BCUT2D eigenvalue weighted by atomic mass is 9.80. The van der Waals surface area contributed by atoms with Crippen molar-refractivity contribution in [3.05, 3.63) is 18.0 Å². The monoisotopic (exact) mass is 421 g/mol. The van der Waals surface area contributed by atoms with Crippen LogP contribution in [0.2, 0.25) is 0 Å². The van der Waals surface area contributed by atoms with Crippen molar-refractivity contribution in [2.45, 2.75) is 103 Å². The third-order valence-corrected chi connectivity index (χ3v) is 7.27. The SMILES string of the molecule is CCC[C@](C)(F)C(=O)N1CCC[C@H](c2cc[nH]n2)[C@@H]1CO[C@H]1CC[C@@H](C(C)C)CC1. The van der Waals surface area contributed by atoms with Crippen LogP contribution in [0.5, 0.6) is 0 Å². The molecule has 0 aromatic carbocycles. The Balaban J connectivity index is 1.71. The summed E-state index contributed by atoms with van der Waals surface area (Å²) in [4.78, 5) is 14.9. The van der Waals surface area contributed by atoms with Crippen LogP contribution in [0.4, 0.5) is 4.39 Å². The Labute approximate surface area is 181 Å². The molecule has 1 aromatic heterocycles. The Morgan fingerprint density at radius 1 is 1.33 bits per heavy atom. The van der Waals surface area contributed by atoms with Gasteiger partial charge in [0.05, 0.1) is 24.4 Å². The Hall–Kier alpha value is -1.43. The van der Waals surface area contributed by atoms with Crippen LogP contribution in [0.1, 0.15) is 90.7 Å². The molecule has 1 N–H and O–H groups in total. The van der Waals surface area contributed by atoms with E-state index < -0.39 is 5.67 Å². The van der Waals surface area contributed by atoms with Gasteiger partial charge in [0, 0.05) is 18.7 Å². The van der Waals surface area contributed by atoms with Gasteiger partial charge in [-0.15, -0.1) is 0 Å². The molecule has 5 nitrogen and oxygen atoms in total. The predicted octanol–water partition coefficient (Wildman–Crippen LogP) is 5.24. The molecule has 1 aliphatic heterocycles. The lowest BCUT2D eigenvalue weighted by Crippen LogP contribution is -2.55. The number of hydrogen-bond donors (Lipinski definition) is 1. The third-order valence-electron chi connectivity index (χ3n) is 7.27. The first kappa shape index (κ1) is 23.2. The second-order valence-corrected chi connectivity index (χ2v) is 9.88. The van der Waals surface area contributed by atoms with Gasteiger partial charge < -0.3 is 9.64 Å². The van der Waals surface area contributed by atoms with E-state index in [4.69, 9.17) is 4.74 Å². The quantitative estimate of drug-likeness (QED) is 0.624. The van der Waals surface area contributed by atoms with Crippen molar-refractivity contribution in [1.29, 1.82) is 0 Å². The number of carbonyl (C=O) groups excluding carboxylic acids is 1. The molecule has 3 atom stereocenters. The number of carbonyl (C=O) groups is 1. The number of amides is 1. The Morgan fingerprint density at radius 2 is 2.07 bits per heavy atom. The molecule has 2 aliphatic rings. The maximum atomic E-state index is 15.2. The largest absolute Gasteiger partial charge is 0.376 e. The normalized spacial score (nSPS) is 29.7. The number of likely N-dealkylation sites (tertiary alicyclic amines) is 1. The zero-order chi connectivity index (χ0) is 21.7. The number of alkyl halides is 1. The Bertz CT molecular complexity index is 653. The number of aromatic amines is 1. The molecule has 6 heteroatoms. The average molecular weight is 422 g/mol. The lowest BCUT2D eigenvalue weighted by Gasteiger charge is -2.43. The molecular formula is C24H40FN3O2. The molecular weight excluding hydrogens is 381 g/mol. The van der Waals surface area contributed by atoms with E-state index in [9.17, 15) is 4.79 Å². The van der Waals surface area contributed by atoms with Gasteiger partial charge in [-0.05, 0) is 69.8 Å². The minimum absolute atomic E-state index is 0.0818. The molecule has 1 saturated heterocycles. The van der Waals surface area contributed by atoms with Gasteiger partial charge in [0.25, 0.3) is 5.91 Å². The number of ether oxygens (including phenoxy) is 1. The van der Waals surface area contributed by atoms with Gasteiger partial charge in [0.15, 0.2) is 5.67 Å². The fourth-order valence-electron chi connectivity index (χ4n) is 5.37. The van der Waals surface area contributed by atoms with Crippen molar-refractivity contribution < 1.29 is 13.9 Å². The van der Waals surface area contributed by atoms with Gasteiger partial charge in [-0.2, -0.15) is 5.10 Å². The van der Waals surface area contributed by atoms with E-state index >= 15 is 4.39 Å². The van der Waals surface area contributed by atoms with Crippen molar-refractivity contribution in [3.63, 3.8) is 0 Å². The second-order valence-electron chi connectivity index (χ2n) is 9.88. The van der Waals surface area contributed by atoms with Crippen LogP contribution in [0.25, 0.3) is 0 Å². The molecule has 2 heterocycles. The fourth-order valence-corrected chi connectivity index (χ4v) is 5.37. The summed E-state index contributed by atoms with van der Waals surface area (Å²) >= 11 is 0. The smallest absolute Gasteiger partial charge is 0.260 e. The molecule has 1 aliphatic carbocycles. The van der Waals surface area contributed by atoms with Gasteiger partial charge in [0.1, 0.15) is 0 Å². The van der Waals surface area contributed by atoms with E-state index in [0.717, 1.165) is 43.2 Å². The summed E-state index contributed by atoms with van der Waals surface area (Å²) in [6, 6.07) is 1.81. The van der Waals surface area contributed by atoms with E-state index in [1.807, 2.05) is 19.2 Å². The predicted molar refractivity (Wildman–Crippen MR) is 117 cm³/mol. The van der Waals surface area contributed by atoms with E-state index in [0.29, 0.717) is 19.6 Å². The maximum absolute atomic E-state index is 15.2. The van der Waals surface area contributed by atoms with Crippen molar-refractivity contribution in [1.82, 2.24) is 15.1 Å². The van der Waals surface area contributed by atoms with E-state index in [1.165, 1.54) is 19.8 Å². The van der Waals surface area contributed by atoms with Crippen LogP contribution in [-0.2, 0) is 9.53 Å². The lowest BCUT2D eigenvalue weighted by molar-refractivity contribution is -0.151. The molecule has 0 radical (unpaired) electrons. The van der Waals surface area contributed by atoms with Gasteiger partial charge in [-0.3, -0.25) is 9.89 Å². The first-order valence-electron chi connectivity index (χ1n) is 11.9. The number of nitrogens with one attached hydrogen (secondary N) is 1. The minimum Gasteiger partial charge on any atom is -0.376 e. The molecule has 2 fully saturated rings. The first-order chi connectivity index (χ1) is 14.3. The zero-order valence-corrected chi connectivity index (χ0v) is 19.2. The third kappa shape index (κ3) is 5.43. The molecule has 1 saturated carbocycles. The number of rotatable bonds is 8. The minimum atomic E-state index is -1.82. The summed E-state index contributed by atoms with van der Waals surface area (Å²) in [6.07, 6.45) is 9.33. The van der Waals surface area contributed by atoms with E-state index in [1.54, 1.807) is 4.90 Å². The van der Waals surface area contributed by atoms with Crippen LogP contribution in [0.15, 0.2) is 12.3 Å². The highest BCUT2D eigenvalue weighted by atomic mass is 19.1. The molecule has 3 rings (SSSR count). The van der Waals surface area contributed by atoms with Crippen LogP contribution in [0, 0.1) is 11.8 Å². The van der Waals surface area contributed by atoms with Crippen LogP contribution < -0.4 is 0 Å². The molecule has 170 valence electrons. The summed E-state index contributed by atoms with van der Waals surface area (Å²) in [5.41, 5.74) is -0.879. The number of piperidine rings is 1. The van der Waals surface area contributed by atoms with Gasteiger partial charge in [0.2, 0.25) is 0 Å². The summed E-state index contributed by atoms with van der Waals surface area (Å²) in [6.45, 7) is 9.01. The number of nitrogens with zero attached hydrogens (tertiary/aromatic N) is 2. The number of hydrogen-bond acceptors (Lipinski definition) is 3. The van der Waals surface area contributed by atoms with Crippen LogP contribution in [-0.4, -0.2) is 52.0 Å². The molecule has 0 unspecified atom stereocenters. The van der Waals surface area contributed by atoms with Crippen molar-refractivity contribution in [3.8, 4) is 0 Å². The van der Waals surface area contributed by atoms with Gasteiger partial charge in [-0.25, -0.2) is 4.39 Å². The van der Waals surface area contributed by atoms with Crippen molar-refractivity contribution in [2.24, 2.45) is 11.8 Å². The van der Waals surface area contributed by atoms with Crippen molar-refractivity contribution >= 4 is 5.91 Å². The summed E-state index contributed by atoms with van der Waals surface area (Å²) < 4.78 is 21.5. The Kier molecular flexibility index (Phi) is 7.94. The zero-order valence-electron chi connectivity index (χ0n) is 19.2. The van der Waals surface area contributed by atoms with Gasteiger partial charge >= 0.3 is 0 Å². The number of aromatic nitrogens is 2. The first-order valence-corrected chi connectivity index (χ1v) is 11.9. The maximum Gasteiger partial charge on any atom is 0.260 e. The molecule has 1 aromatic rings. The molecule has 0 bridgehead atoms. The number of halogens is 1. The van der Waals surface area contributed by atoms with Crippen molar-refractivity contribution in [2.75, 3.05) is 13.2 Å². The standard InChI is InChI=1S/C24H40FN3O2/c1-5-13-24(4,25)23(29)28-15-6-7-20(21-12-14-26-27-21)22(28)16-30-19-10-8-18(9-11-19)17(2)3/h12,14,17-20,22H,5-11,13,15-16H2,1-4H3,(H,26,27)/t18-,19+,20-,22+,24+/m1/s1. The molecule has 0 spiro atoms. The van der Waals surface area contributed by atoms with Crippen LogP contribution in [0.3, 0.4) is 0 Å². The fraction of sp³-hybridized carbons (Fsp3) is 0.833. The molecule has 1 amide bonds. The van der Waals surface area contributed by atoms with E-state index in [2.05, 4.69) is 24.0 Å². The summed E-state index contributed by atoms with van der Waals surface area (Å²) in [5.74, 6) is 1.21.